The second kappa shape index (κ2) is 5.76. The summed E-state index contributed by atoms with van der Waals surface area (Å²) in [4.78, 5) is 20.2. The molecule has 3 heterocycles. The van der Waals surface area contributed by atoms with Crippen LogP contribution in [0.5, 0.6) is 0 Å². The number of nitrogens with zero attached hydrogens (tertiary/aromatic N) is 3. The molecule has 1 N–H and O–H groups in total. The number of amides is 1. The molecule has 2 aliphatic rings. The monoisotopic (exact) mass is 277 g/mol. The van der Waals surface area contributed by atoms with E-state index >= 15 is 0 Å². The van der Waals surface area contributed by atoms with E-state index in [2.05, 4.69) is 9.88 Å². The van der Waals surface area contributed by atoms with Crippen LogP contribution in [0.3, 0.4) is 0 Å². The number of hydrogen-bond donors (Lipinski definition) is 1. The van der Waals surface area contributed by atoms with Gasteiger partial charge in [-0.05, 0) is 12.1 Å². The highest BCUT2D eigenvalue weighted by atomic mass is 16.5. The second-order valence-electron chi connectivity index (χ2n) is 5.23. The van der Waals surface area contributed by atoms with Crippen molar-refractivity contribution in [1.29, 1.82) is 0 Å². The summed E-state index contributed by atoms with van der Waals surface area (Å²) in [5.74, 6) is 1.02. The molecular weight excluding hydrogens is 258 g/mol. The first-order valence-electron chi connectivity index (χ1n) is 6.98. The fourth-order valence-electron chi connectivity index (χ4n) is 2.67. The van der Waals surface area contributed by atoms with Gasteiger partial charge in [0, 0.05) is 38.6 Å². The smallest absolute Gasteiger partial charge is 0.227 e. The van der Waals surface area contributed by atoms with Crippen LogP contribution in [-0.4, -0.2) is 55.5 Å². The summed E-state index contributed by atoms with van der Waals surface area (Å²) < 4.78 is 5.32. The number of rotatable bonds is 3. The third-order valence-corrected chi connectivity index (χ3v) is 3.84. The first kappa shape index (κ1) is 13.3. The average Bonchev–Trinajstić information content (AvgIpc) is 2.89. The van der Waals surface area contributed by atoms with Gasteiger partial charge in [-0.2, -0.15) is 0 Å². The van der Waals surface area contributed by atoms with Crippen molar-refractivity contribution in [1.82, 2.24) is 4.98 Å². The minimum absolute atomic E-state index is 0.0430. The van der Waals surface area contributed by atoms with Crippen molar-refractivity contribution >= 4 is 17.4 Å². The van der Waals surface area contributed by atoms with Gasteiger partial charge in [-0.1, -0.05) is 0 Å². The number of aliphatic hydroxyl groups excluding tert-OH is 1. The quantitative estimate of drug-likeness (QED) is 0.858. The van der Waals surface area contributed by atoms with Gasteiger partial charge < -0.3 is 19.6 Å². The highest BCUT2D eigenvalue weighted by Gasteiger charge is 2.30. The Morgan fingerprint density at radius 2 is 2.15 bits per heavy atom. The average molecular weight is 277 g/mol. The number of hydrogen-bond acceptors (Lipinski definition) is 5. The fraction of sp³-hybridized carbons (Fsp3) is 0.571. The Hall–Kier alpha value is -1.66. The van der Waals surface area contributed by atoms with Crippen LogP contribution in [0.15, 0.2) is 18.3 Å². The minimum atomic E-state index is 0.0430. The fourth-order valence-corrected chi connectivity index (χ4v) is 2.67. The summed E-state index contributed by atoms with van der Waals surface area (Å²) in [6.07, 6.45) is 2.16. The third-order valence-electron chi connectivity index (χ3n) is 3.84. The van der Waals surface area contributed by atoms with Crippen molar-refractivity contribution in [2.75, 3.05) is 49.3 Å². The molecule has 2 fully saturated rings. The Bertz CT molecular complexity index is 471. The highest BCUT2D eigenvalue weighted by molar-refractivity contribution is 5.95. The number of aromatic nitrogens is 1. The van der Waals surface area contributed by atoms with Crippen LogP contribution in [-0.2, 0) is 9.53 Å². The molecule has 20 heavy (non-hydrogen) atoms. The summed E-state index contributed by atoms with van der Waals surface area (Å²) in [5.41, 5.74) is 0.808. The Labute approximate surface area is 118 Å². The molecule has 0 saturated carbocycles. The highest BCUT2D eigenvalue weighted by Crippen LogP contribution is 2.25. The van der Waals surface area contributed by atoms with E-state index in [9.17, 15) is 4.79 Å². The largest absolute Gasteiger partial charge is 0.396 e. The van der Waals surface area contributed by atoms with Crippen LogP contribution in [0.1, 0.15) is 6.42 Å². The number of ether oxygens (including phenoxy) is 1. The lowest BCUT2D eigenvalue weighted by atomic mass is 10.1. The number of pyridine rings is 1. The molecule has 1 aromatic rings. The van der Waals surface area contributed by atoms with Crippen molar-refractivity contribution in [2.24, 2.45) is 5.92 Å². The molecule has 1 aromatic heterocycles. The Morgan fingerprint density at radius 3 is 2.75 bits per heavy atom. The van der Waals surface area contributed by atoms with E-state index in [4.69, 9.17) is 9.84 Å². The van der Waals surface area contributed by atoms with E-state index < -0.39 is 0 Å². The van der Waals surface area contributed by atoms with Gasteiger partial charge in [0.15, 0.2) is 0 Å². The van der Waals surface area contributed by atoms with Crippen LogP contribution >= 0.6 is 0 Å². The lowest BCUT2D eigenvalue weighted by molar-refractivity contribution is -0.117. The summed E-state index contributed by atoms with van der Waals surface area (Å²) in [5, 5.41) is 9.15. The van der Waals surface area contributed by atoms with E-state index in [-0.39, 0.29) is 18.4 Å². The molecule has 108 valence electrons. The molecular formula is C14H19N3O3. The molecule has 6 nitrogen and oxygen atoms in total. The number of carbonyl (C=O) groups excluding carboxylic acids is 1. The van der Waals surface area contributed by atoms with Gasteiger partial charge in [-0.15, -0.1) is 0 Å². The van der Waals surface area contributed by atoms with E-state index in [1.165, 1.54) is 0 Å². The lowest BCUT2D eigenvalue weighted by Crippen LogP contribution is -2.36. The molecule has 0 bridgehead atoms. The van der Waals surface area contributed by atoms with Crippen molar-refractivity contribution in [3.8, 4) is 0 Å². The minimum Gasteiger partial charge on any atom is -0.396 e. The van der Waals surface area contributed by atoms with Crippen LogP contribution in [0, 0.1) is 5.92 Å². The van der Waals surface area contributed by atoms with Crippen LogP contribution < -0.4 is 9.80 Å². The van der Waals surface area contributed by atoms with Gasteiger partial charge in [-0.3, -0.25) is 4.79 Å². The molecule has 0 aliphatic carbocycles. The molecule has 0 spiro atoms. The van der Waals surface area contributed by atoms with Crippen molar-refractivity contribution in [2.45, 2.75) is 6.42 Å². The Morgan fingerprint density at radius 1 is 1.35 bits per heavy atom. The van der Waals surface area contributed by atoms with Crippen LogP contribution in [0.2, 0.25) is 0 Å². The number of aliphatic hydroxyl groups is 1. The number of anilines is 2. The van der Waals surface area contributed by atoms with Gasteiger partial charge in [0.2, 0.25) is 5.91 Å². The standard InChI is InChI=1S/C14H19N3O3/c18-10-11-7-14(19)17(9-11)12-1-2-13(15-8-12)16-3-5-20-6-4-16/h1-2,8,11,18H,3-7,9-10H2. The van der Waals surface area contributed by atoms with E-state index in [0.29, 0.717) is 13.0 Å². The Kier molecular flexibility index (Phi) is 3.84. The van der Waals surface area contributed by atoms with Gasteiger partial charge in [0.1, 0.15) is 5.82 Å². The molecule has 3 rings (SSSR count). The molecule has 0 aromatic carbocycles. The van der Waals surface area contributed by atoms with Crippen molar-refractivity contribution < 1.29 is 14.6 Å². The maximum Gasteiger partial charge on any atom is 0.227 e. The zero-order chi connectivity index (χ0) is 13.9. The summed E-state index contributed by atoms with van der Waals surface area (Å²) in [7, 11) is 0. The molecule has 2 saturated heterocycles. The zero-order valence-corrected chi connectivity index (χ0v) is 11.4. The SMILES string of the molecule is O=C1CC(CO)CN1c1ccc(N2CCOCC2)nc1. The topological polar surface area (TPSA) is 65.9 Å². The number of carbonyl (C=O) groups is 1. The van der Waals surface area contributed by atoms with Crippen LogP contribution in [0.25, 0.3) is 0 Å². The summed E-state index contributed by atoms with van der Waals surface area (Å²) in [6, 6.07) is 3.87. The Balaban J connectivity index is 1.71. The van der Waals surface area contributed by atoms with Crippen molar-refractivity contribution in [3.63, 3.8) is 0 Å². The predicted molar refractivity (Wildman–Crippen MR) is 74.8 cm³/mol. The van der Waals surface area contributed by atoms with E-state index in [1.807, 2.05) is 12.1 Å². The molecule has 1 atom stereocenters. The lowest BCUT2D eigenvalue weighted by Gasteiger charge is -2.28. The maximum atomic E-state index is 11.9. The maximum absolute atomic E-state index is 11.9. The zero-order valence-electron chi connectivity index (χ0n) is 11.4. The molecule has 2 aliphatic heterocycles. The summed E-state index contributed by atoms with van der Waals surface area (Å²) >= 11 is 0. The van der Waals surface area contributed by atoms with E-state index in [1.54, 1.807) is 11.1 Å². The van der Waals surface area contributed by atoms with E-state index in [0.717, 1.165) is 37.8 Å². The third kappa shape index (κ3) is 2.62. The number of morpholine rings is 1. The van der Waals surface area contributed by atoms with Gasteiger partial charge in [0.05, 0.1) is 25.1 Å². The van der Waals surface area contributed by atoms with Crippen molar-refractivity contribution in [3.05, 3.63) is 18.3 Å². The second-order valence-corrected chi connectivity index (χ2v) is 5.23. The molecule has 1 amide bonds. The first-order valence-corrected chi connectivity index (χ1v) is 6.98. The van der Waals surface area contributed by atoms with Gasteiger partial charge >= 0.3 is 0 Å². The van der Waals surface area contributed by atoms with Gasteiger partial charge in [0.25, 0.3) is 0 Å². The predicted octanol–water partition coefficient (Wildman–Crippen LogP) is 0.263. The molecule has 0 radical (unpaired) electrons. The van der Waals surface area contributed by atoms with Crippen LogP contribution in [0.4, 0.5) is 11.5 Å². The summed E-state index contributed by atoms with van der Waals surface area (Å²) in [6.45, 7) is 3.79. The first-order chi connectivity index (χ1) is 9.78. The molecule has 6 heteroatoms. The van der Waals surface area contributed by atoms with Gasteiger partial charge in [-0.25, -0.2) is 4.98 Å². The molecule has 1 unspecified atom stereocenters. The normalized spacial score (nSPS) is 23.4.